The third kappa shape index (κ3) is 4.17. The molecule has 9 nitrogen and oxygen atoms in total. The summed E-state index contributed by atoms with van der Waals surface area (Å²) in [6.07, 6.45) is 0.559. The van der Waals surface area contributed by atoms with Crippen LogP contribution < -0.4 is 14.3 Å². The Morgan fingerprint density at radius 2 is 2.00 bits per heavy atom. The number of rotatable bonds is 7. The van der Waals surface area contributed by atoms with Crippen LogP contribution in [0.1, 0.15) is 22.9 Å². The molecular formula is C23H20ClN5O4S. The molecule has 0 fully saturated rings. The predicted octanol–water partition coefficient (Wildman–Crippen LogP) is 3.97. The number of thiophene rings is 1. The maximum absolute atomic E-state index is 13.3. The number of ether oxygens (including phenoxy) is 2. The highest BCUT2D eigenvalue weighted by atomic mass is 35.5. The van der Waals surface area contributed by atoms with Gasteiger partial charge >= 0.3 is 0 Å². The first-order valence-electron chi connectivity index (χ1n) is 10.4. The second kappa shape index (κ2) is 9.32. The normalized spacial score (nSPS) is 15.4. The van der Waals surface area contributed by atoms with Gasteiger partial charge in [0.1, 0.15) is 11.0 Å². The summed E-state index contributed by atoms with van der Waals surface area (Å²) in [6.45, 7) is -0.282. The summed E-state index contributed by atoms with van der Waals surface area (Å²) in [5, 5.41) is 16.6. The van der Waals surface area contributed by atoms with Crippen LogP contribution in [0.15, 0.2) is 59.0 Å². The van der Waals surface area contributed by atoms with Crippen molar-refractivity contribution >= 4 is 45.6 Å². The molecule has 0 saturated carbocycles. The molecule has 0 radical (unpaired) electrons. The minimum Gasteiger partial charge on any atom is -0.493 e. The van der Waals surface area contributed by atoms with Gasteiger partial charge in [-0.2, -0.15) is 5.10 Å². The number of carbonyl (C=O) groups is 1. The van der Waals surface area contributed by atoms with Crippen molar-refractivity contribution in [3.05, 3.63) is 69.4 Å². The van der Waals surface area contributed by atoms with Gasteiger partial charge in [0, 0.05) is 11.4 Å². The average Bonchev–Trinajstić information content (AvgIpc) is 3.61. The Balaban J connectivity index is 1.42. The SMILES string of the molecule is COc1ccc([C@H]2CC(c3cccs3)=NN2C(=O)COn2nnc3ccc(Cl)cc32)cc1OC. The van der Waals surface area contributed by atoms with E-state index in [4.69, 9.17) is 25.9 Å². The maximum Gasteiger partial charge on any atom is 0.283 e. The molecule has 0 unspecified atom stereocenters. The van der Waals surface area contributed by atoms with Crippen LogP contribution in [0.3, 0.4) is 0 Å². The van der Waals surface area contributed by atoms with Gasteiger partial charge in [-0.25, -0.2) is 5.01 Å². The van der Waals surface area contributed by atoms with E-state index in [0.717, 1.165) is 16.2 Å². The molecule has 3 heterocycles. The molecular weight excluding hydrogens is 478 g/mol. The molecule has 2 aromatic heterocycles. The second-order valence-corrected chi connectivity index (χ2v) is 8.85. The van der Waals surface area contributed by atoms with Crippen LogP contribution in [0.4, 0.5) is 0 Å². The summed E-state index contributed by atoms with van der Waals surface area (Å²) in [4.78, 5) is 21.1. The molecule has 0 aliphatic carbocycles. The van der Waals surface area contributed by atoms with E-state index in [1.807, 2.05) is 35.7 Å². The van der Waals surface area contributed by atoms with E-state index < -0.39 is 0 Å². The quantitative estimate of drug-likeness (QED) is 0.383. The van der Waals surface area contributed by atoms with Crippen molar-refractivity contribution in [2.45, 2.75) is 12.5 Å². The highest BCUT2D eigenvalue weighted by Crippen LogP contribution is 2.37. The summed E-state index contributed by atoms with van der Waals surface area (Å²) < 4.78 is 10.8. The summed E-state index contributed by atoms with van der Waals surface area (Å²) >= 11 is 7.66. The van der Waals surface area contributed by atoms with Crippen LogP contribution in [-0.2, 0) is 4.79 Å². The summed E-state index contributed by atoms with van der Waals surface area (Å²) in [5.41, 5.74) is 2.89. The third-order valence-electron chi connectivity index (χ3n) is 5.45. The lowest BCUT2D eigenvalue weighted by molar-refractivity contribution is -0.138. The van der Waals surface area contributed by atoms with E-state index in [1.165, 1.54) is 9.85 Å². The fourth-order valence-corrected chi connectivity index (χ4v) is 4.69. The Morgan fingerprint density at radius 3 is 2.76 bits per heavy atom. The zero-order valence-corrected chi connectivity index (χ0v) is 19.9. The van der Waals surface area contributed by atoms with Crippen molar-refractivity contribution in [3.63, 3.8) is 0 Å². The number of methoxy groups -OCH3 is 2. The second-order valence-electron chi connectivity index (χ2n) is 7.47. The Labute approximate surface area is 204 Å². The summed E-state index contributed by atoms with van der Waals surface area (Å²) in [7, 11) is 3.16. The number of nitrogens with zero attached hydrogens (tertiary/aromatic N) is 5. The van der Waals surface area contributed by atoms with Crippen LogP contribution in [0, 0.1) is 0 Å². The van der Waals surface area contributed by atoms with Crippen molar-refractivity contribution < 1.29 is 19.1 Å². The number of aromatic nitrogens is 3. The number of amides is 1. The fourth-order valence-electron chi connectivity index (χ4n) is 3.80. The van der Waals surface area contributed by atoms with E-state index in [1.54, 1.807) is 43.8 Å². The first kappa shape index (κ1) is 22.2. The Kier molecular flexibility index (Phi) is 6.08. The fraction of sp³-hybridized carbons (Fsp3) is 0.217. The van der Waals surface area contributed by atoms with Gasteiger partial charge in [-0.05, 0) is 52.6 Å². The lowest BCUT2D eigenvalue weighted by atomic mass is 10.0. The van der Waals surface area contributed by atoms with E-state index in [2.05, 4.69) is 15.4 Å². The third-order valence-corrected chi connectivity index (χ3v) is 6.61. The first-order valence-corrected chi connectivity index (χ1v) is 11.6. The molecule has 0 N–H and O–H groups in total. The van der Waals surface area contributed by atoms with Crippen molar-refractivity contribution in [1.29, 1.82) is 0 Å². The number of hydrogen-bond acceptors (Lipinski definition) is 8. The molecule has 34 heavy (non-hydrogen) atoms. The number of hydrogen-bond donors (Lipinski definition) is 0. The van der Waals surface area contributed by atoms with Gasteiger partial charge in [0.15, 0.2) is 18.1 Å². The maximum atomic E-state index is 13.3. The number of carbonyl (C=O) groups excluding carboxylic acids is 1. The minimum absolute atomic E-state index is 0.282. The molecule has 174 valence electrons. The first-order chi connectivity index (χ1) is 16.6. The van der Waals surface area contributed by atoms with E-state index in [9.17, 15) is 4.79 Å². The van der Waals surface area contributed by atoms with Crippen LogP contribution in [0.2, 0.25) is 5.02 Å². The molecule has 0 saturated heterocycles. The molecule has 1 aliphatic rings. The van der Waals surface area contributed by atoms with Crippen LogP contribution in [-0.4, -0.2) is 52.6 Å². The van der Waals surface area contributed by atoms with Crippen LogP contribution in [0.5, 0.6) is 11.5 Å². The Hall–Kier alpha value is -3.63. The van der Waals surface area contributed by atoms with Crippen molar-refractivity contribution in [3.8, 4) is 11.5 Å². The standard InChI is InChI=1S/C23H20ClN5O4S/c1-31-20-8-5-14(10-21(20)32-2)18-12-17(22-4-3-9-34-22)26-28(18)23(30)13-33-29-19-11-15(24)6-7-16(19)25-27-29/h3-11,18H,12-13H2,1-2H3/t18-/m1/s1. The topological polar surface area (TPSA) is 91.1 Å². The Bertz CT molecular complexity index is 1370. The van der Waals surface area contributed by atoms with Gasteiger partial charge in [0.25, 0.3) is 5.91 Å². The van der Waals surface area contributed by atoms with Gasteiger partial charge in [0.05, 0.1) is 30.9 Å². The van der Waals surface area contributed by atoms with Crippen LogP contribution in [0.25, 0.3) is 11.0 Å². The predicted molar refractivity (Wildman–Crippen MR) is 129 cm³/mol. The van der Waals surface area contributed by atoms with Crippen molar-refractivity contribution in [1.82, 2.24) is 20.2 Å². The van der Waals surface area contributed by atoms with Crippen molar-refractivity contribution in [2.24, 2.45) is 5.10 Å². The van der Waals surface area contributed by atoms with E-state index >= 15 is 0 Å². The average molecular weight is 498 g/mol. The minimum atomic E-state index is -0.324. The molecule has 0 spiro atoms. The molecule has 11 heteroatoms. The molecule has 1 amide bonds. The zero-order valence-electron chi connectivity index (χ0n) is 18.3. The largest absolute Gasteiger partial charge is 0.493 e. The lowest BCUT2D eigenvalue weighted by Gasteiger charge is -2.22. The van der Waals surface area contributed by atoms with Gasteiger partial charge in [0.2, 0.25) is 0 Å². The highest BCUT2D eigenvalue weighted by molar-refractivity contribution is 7.12. The van der Waals surface area contributed by atoms with Gasteiger partial charge in [-0.1, -0.05) is 28.6 Å². The Morgan fingerprint density at radius 1 is 1.15 bits per heavy atom. The summed E-state index contributed by atoms with van der Waals surface area (Å²) in [6, 6.07) is 14.4. The van der Waals surface area contributed by atoms with Gasteiger partial charge in [-0.3, -0.25) is 4.79 Å². The monoisotopic (exact) mass is 497 g/mol. The molecule has 4 aromatic rings. The molecule has 2 aromatic carbocycles. The van der Waals surface area contributed by atoms with Gasteiger partial charge < -0.3 is 14.3 Å². The lowest BCUT2D eigenvalue weighted by Crippen LogP contribution is -2.34. The number of hydrazone groups is 1. The van der Waals surface area contributed by atoms with E-state index in [0.29, 0.717) is 34.0 Å². The smallest absolute Gasteiger partial charge is 0.283 e. The molecule has 1 atom stereocenters. The highest BCUT2D eigenvalue weighted by Gasteiger charge is 2.34. The number of fused-ring (bicyclic) bond motifs is 1. The molecule has 0 bridgehead atoms. The zero-order chi connectivity index (χ0) is 23.7. The number of halogens is 1. The van der Waals surface area contributed by atoms with Crippen molar-refractivity contribution in [2.75, 3.05) is 20.8 Å². The molecule has 5 rings (SSSR count). The summed E-state index contributed by atoms with van der Waals surface area (Å²) in [5.74, 6) is 0.873. The van der Waals surface area contributed by atoms with Crippen LogP contribution >= 0.6 is 22.9 Å². The molecule has 1 aliphatic heterocycles. The number of benzene rings is 2. The van der Waals surface area contributed by atoms with E-state index in [-0.39, 0.29) is 18.6 Å². The van der Waals surface area contributed by atoms with Gasteiger partial charge in [-0.15, -0.1) is 16.4 Å².